The molecule has 1 fully saturated rings. The number of rotatable bonds is 4. The molecular weight excluding hydrogens is 276 g/mol. The molecule has 1 heterocycles. The standard InChI is InChI=1S/C14H24N2O5/c1-8(2)10(12(18)19)16-7-6-9(11(16)17)15-13(20)21-14(3,4)5/h8-10H,6-7H2,1-5H3,(H,15,20)(H,18,19)/t9-,10?/m0/s1. The number of ether oxygens (including phenoxy) is 1. The number of alkyl carbamates (subject to hydrolysis) is 1. The molecule has 1 rings (SSSR count). The van der Waals surface area contributed by atoms with Crippen LogP contribution in [0.4, 0.5) is 4.79 Å². The van der Waals surface area contributed by atoms with Crippen LogP contribution < -0.4 is 5.32 Å². The number of carbonyl (C=O) groups is 3. The quantitative estimate of drug-likeness (QED) is 0.814. The van der Waals surface area contributed by atoms with Crippen molar-refractivity contribution >= 4 is 18.0 Å². The van der Waals surface area contributed by atoms with E-state index >= 15 is 0 Å². The Morgan fingerprint density at radius 3 is 2.38 bits per heavy atom. The maximum atomic E-state index is 12.2. The lowest BCUT2D eigenvalue weighted by Gasteiger charge is -2.27. The van der Waals surface area contributed by atoms with Crippen LogP contribution in [0.3, 0.4) is 0 Å². The summed E-state index contributed by atoms with van der Waals surface area (Å²) in [5.74, 6) is -1.61. The average molecular weight is 300 g/mol. The predicted octanol–water partition coefficient (Wildman–Crippen LogP) is 1.22. The zero-order valence-corrected chi connectivity index (χ0v) is 13.2. The molecule has 0 aliphatic carbocycles. The average Bonchev–Trinajstić information content (AvgIpc) is 2.58. The molecule has 0 radical (unpaired) electrons. The minimum atomic E-state index is -1.03. The lowest BCUT2D eigenvalue weighted by molar-refractivity contribution is -0.150. The molecule has 2 N–H and O–H groups in total. The Morgan fingerprint density at radius 1 is 1.38 bits per heavy atom. The van der Waals surface area contributed by atoms with Crippen LogP contribution in [0.2, 0.25) is 0 Å². The zero-order valence-electron chi connectivity index (χ0n) is 13.2. The number of likely N-dealkylation sites (tertiary alicyclic amines) is 1. The van der Waals surface area contributed by atoms with Gasteiger partial charge in [-0.3, -0.25) is 4.79 Å². The molecular formula is C14H24N2O5. The first kappa shape index (κ1) is 17.3. The van der Waals surface area contributed by atoms with Crippen molar-refractivity contribution in [1.29, 1.82) is 0 Å². The van der Waals surface area contributed by atoms with Gasteiger partial charge in [0.2, 0.25) is 5.91 Å². The van der Waals surface area contributed by atoms with E-state index in [1.54, 1.807) is 34.6 Å². The second kappa shape index (κ2) is 6.32. The van der Waals surface area contributed by atoms with E-state index in [9.17, 15) is 19.5 Å². The minimum Gasteiger partial charge on any atom is -0.480 e. The van der Waals surface area contributed by atoms with Gasteiger partial charge in [0.05, 0.1) is 0 Å². The summed E-state index contributed by atoms with van der Waals surface area (Å²) in [7, 11) is 0. The summed E-state index contributed by atoms with van der Waals surface area (Å²) >= 11 is 0. The minimum absolute atomic E-state index is 0.202. The third-order valence-corrected chi connectivity index (χ3v) is 3.15. The maximum Gasteiger partial charge on any atom is 0.408 e. The fourth-order valence-corrected chi connectivity index (χ4v) is 2.34. The van der Waals surface area contributed by atoms with Crippen molar-refractivity contribution in [3.05, 3.63) is 0 Å². The highest BCUT2D eigenvalue weighted by Crippen LogP contribution is 2.20. The van der Waals surface area contributed by atoms with Gasteiger partial charge >= 0.3 is 12.1 Å². The van der Waals surface area contributed by atoms with E-state index in [1.165, 1.54) is 4.90 Å². The van der Waals surface area contributed by atoms with Crippen LogP contribution in [-0.2, 0) is 14.3 Å². The Morgan fingerprint density at radius 2 is 1.95 bits per heavy atom. The van der Waals surface area contributed by atoms with Crippen molar-refractivity contribution in [1.82, 2.24) is 10.2 Å². The Bertz CT molecular complexity index is 428. The molecule has 2 amide bonds. The monoisotopic (exact) mass is 300 g/mol. The van der Waals surface area contributed by atoms with Crippen molar-refractivity contribution in [3.63, 3.8) is 0 Å². The van der Waals surface area contributed by atoms with Gasteiger partial charge in [-0.1, -0.05) is 13.8 Å². The Labute approximate surface area is 124 Å². The summed E-state index contributed by atoms with van der Waals surface area (Å²) in [5, 5.41) is 11.7. The largest absolute Gasteiger partial charge is 0.480 e. The second-order valence-corrected chi connectivity index (χ2v) is 6.55. The Hall–Kier alpha value is -1.79. The van der Waals surface area contributed by atoms with Crippen LogP contribution in [0, 0.1) is 5.92 Å². The van der Waals surface area contributed by atoms with E-state index in [4.69, 9.17) is 4.74 Å². The van der Waals surface area contributed by atoms with Crippen LogP contribution in [0.5, 0.6) is 0 Å². The summed E-state index contributed by atoms with van der Waals surface area (Å²) in [5.41, 5.74) is -0.646. The lowest BCUT2D eigenvalue weighted by atomic mass is 10.0. The summed E-state index contributed by atoms with van der Waals surface area (Å²) in [6, 6.07) is -1.59. The Kier molecular flexibility index (Phi) is 5.20. The summed E-state index contributed by atoms with van der Waals surface area (Å²) in [4.78, 5) is 36.5. The third-order valence-electron chi connectivity index (χ3n) is 3.15. The number of carbonyl (C=O) groups excluding carboxylic acids is 2. The smallest absolute Gasteiger partial charge is 0.408 e. The topological polar surface area (TPSA) is 95.9 Å². The highest BCUT2D eigenvalue weighted by molar-refractivity contribution is 5.91. The van der Waals surface area contributed by atoms with Gasteiger partial charge in [-0.2, -0.15) is 0 Å². The van der Waals surface area contributed by atoms with Gasteiger partial charge in [0, 0.05) is 6.54 Å². The first-order valence-corrected chi connectivity index (χ1v) is 7.05. The van der Waals surface area contributed by atoms with E-state index in [2.05, 4.69) is 5.32 Å². The number of nitrogens with one attached hydrogen (secondary N) is 1. The fraction of sp³-hybridized carbons (Fsp3) is 0.786. The molecule has 2 atom stereocenters. The SMILES string of the molecule is CC(C)C(C(=O)O)N1CC[C@H](NC(=O)OC(C)(C)C)C1=O. The van der Waals surface area contributed by atoms with Crippen LogP contribution in [0.25, 0.3) is 0 Å². The highest BCUT2D eigenvalue weighted by Gasteiger charge is 2.41. The molecule has 0 aromatic rings. The van der Waals surface area contributed by atoms with Gasteiger partial charge < -0.3 is 20.1 Å². The first-order chi connectivity index (χ1) is 9.53. The summed E-state index contributed by atoms with van der Waals surface area (Å²) in [6.45, 7) is 9.01. The van der Waals surface area contributed by atoms with Crippen molar-refractivity contribution < 1.29 is 24.2 Å². The number of nitrogens with zero attached hydrogens (tertiary/aromatic N) is 1. The van der Waals surface area contributed by atoms with Crippen molar-refractivity contribution in [2.75, 3.05) is 6.54 Å². The molecule has 7 heteroatoms. The molecule has 1 saturated heterocycles. The molecule has 0 aromatic carbocycles. The maximum absolute atomic E-state index is 12.2. The third kappa shape index (κ3) is 4.61. The highest BCUT2D eigenvalue weighted by atomic mass is 16.6. The Balaban J connectivity index is 2.69. The summed E-state index contributed by atoms with van der Waals surface area (Å²) in [6.07, 6.45) is -0.284. The van der Waals surface area contributed by atoms with Crippen molar-refractivity contribution in [2.45, 2.75) is 58.7 Å². The van der Waals surface area contributed by atoms with Crippen LogP contribution in [-0.4, -0.2) is 52.2 Å². The molecule has 7 nitrogen and oxygen atoms in total. The number of carboxylic acids is 1. The lowest BCUT2D eigenvalue weighted by Crippen LogP contribution is -2.49. The normalized spacial score (nSPS) is 20.6. The van der Waals surface area contributed by atoms with E-state index in [0.717, 1.165) is 0 Å². The predicted molar refractivity (Wildman–Crippen MR) is 75.7 cm³/mol. The van der Waals surface area contributed by atoms with Gasteiger partial charge in [-0.25, -0.2) is 9.59 Å². The summed E-state index contributed by atoms with van der Waals surface area (Å²) < 4.78 is 5.10. The van der Waals surface area contributed by atoms with Gasteiger partial charge in [-0.05, 0) is 33.1 Å². The zero-order chi connectivity index (χ0) is 16.4. The number of aliphatic carboxylic acids is 1. The molecule has 21 heavy (non-hydrogen) atoms. The number of carboxylic acid groups (broad SMARTS) is 1. The molecule has 0 bridgehead atoms. The molecule has 1 aliphatic heterocycles. The van der Waals surface area contributed by atoms with E-state index in [-0.39, 0.29) is 11.8 Å². The van der Waals surface area contributed by atoms with Crippen molar-refractivity contribution in [3.8, 4) is 0 Å². The van der Waals surface area contributed by atoms with Gasteiger partial charge in [0.1, 0.15) is 17.7 Å². The fourth-order valence-electron chi connectivity index (χ4n) is 2.34. The molecule has 0 saturated carbocycles. The van der Waals surface area contributed by atoms with Crippen molar-refractivity contribution in [2.24, 2.45) is 5.92 Å². The van der Waals surface area contributed by atoms with Gasteiger partial charge in [-0.15, -0.1) is 0 Å². The van der Waals surface area contributed by atoms with Crippen LogP contribution in [0.15, 0.2) is 0 Å². The molecule has 0 aromatic heterocycles. The molecule has 120 valence electrons. The molecule has 1 unspecified atom stereocenters. The first-order valence-electron chi connectivity index (χ1n) is 7.05. The van der Waals surface area contributed by atoms with Crippen LogP contribution in [0.1, 0.15) is 41.0 Å². The number of amides is 2. The van der Waals surface area contributed by atoms with E-state index in [0.29, 0.717) is 13.0 Å². The molecule has 0 spiro atoms. The van der Waals surface area contributed by atoms with Gasteiger partial charge in [0.15, 0.2) is 0 Å². The van der Waals surface area contributed by atoms with E-state index < -0.39 is 29.7 Å². The van der Waals surface area contributed by atoms with Crippen LogP contribution >= 0.6 is 0 Å². The van der Waals surface area contributed by atoms with E-state index in [1.807, 2.05) is 0 Å². The van der Waals surface area contributed by atoms with Gasteiger partial charge in [0.25, 0.3) is 0 Å². The second-order valence-electron chi connectivity index (χ2n) is 6.55. The molecule has 1 aliphatic rings. The number of hydrogen-bond donors (Lipinski definition) is 2. The number of hydrogen-bond acceptors (Lipinski definition) is 4.